The third-order valence-electron chi connectivity index (χ3n) is 3.23. The lowest BCUT2D eigenvalue weighted by Gasteiger charge is -2.24. The van der Waals surface area contributed by atoms with E-state index in [4.69, 9.17) is 11.6 Å². The number of nitrogens with zero attached hydrogens (tertiary/aromatic N) is 1. The molecule has 1 aromatic heterocycles. The molecule has 0 aliphatic carbocycles. The molecule has 1 unspecified atom stereocenters. The van der Waals surface area contributed by atoms with Crippen LogP contribution in [0.3, 0.4) is 0 Å². The predicted octanol–water partition coefficient (Wildman–Crippen LogP) is 5.15. The van der Waals surface area contributed by atoms with Gasteiger partial charge in [-0.25, -0.2) is 0 Å². The normalized spacial score (nSPS) is 12.2. The van der Waals surface area contributed by atoms with Gasteiger partial charge in [-0.1, -0.05) is 11.6 Å². The van der Waals surface area contributed by atoms with Gasteiger partial charge in [0, 0.05) is 25.4 Å². The minimum absolute atomic E-state index is 0.00421. The topological polar surface area (TPSA) is 20.3 Å². The summed E-state index contributed by atoms with van der Waals surface area (Å²) in [7, 11) is 1.83. The van der Waals surface area contributed by atoms with E-state index in [1.807, 2.05) is 20.0 Å². The average molecular weight is 420 g/mol. The Hall–Kier alpha value is -0.590. The van der Waals surface area contributed by atoms with Gasteiger partial charge < -0.3 is 4.90 Å². The lowest BCUT2D eigenvalue weighted by atomic mass is 10.1. The fraction of sp³-hybridized carbons (Fsp3) is 0.267. The van der Waals surface area contributed by atoms with E-state index in [1.165, 1.54) is 9.75 Å². The first kappa shape index (κ1) is 15.8. The minimum Gasteiger partial charge on any atom is -0.334 e. The van der Waals surface area contributed by atoms with Crippen LogP contribution in [-0.2, 0) is 0 Å². The van der Waals surface area contributed by atoms with E-state index in [-0.39, 0.29) is 11.9 Å². The molecule has 0 aliphatic heterocycles. The molecule has 0 aliphatic rings. The van der Waals surface area contributed by atoms with Crippen LogP contribution >= 0.6 is 45.5 Å². The summed E-state index contributed by atoms with van der Waals surface area (Å²) in [6.45, 7) is 4.11. The number of rotatable bonds is 3. The Morgan fingerprint density at radius 2 is 2.05 bits per heavy atom. The number of carbonyl (C=O) groups excluding carboxylic acids is 1. The molecule has 1 aromatic carbocycles. The first-order valence-corrected chi connectivity index (χ1v) is 8.46. The predicted molar refractivity (Wildman–Crippen MR) is 93.7 cm³/mol. The first-order valence-electron chi connectivity index (χ1n) is 6.18. The summed E-state index contributed by atoms with van der Waals surface area (Å²) in [6.07, 6.45) is 0. The van der Waals surface area contributed by atoms with Crippen LogP contribution in [0.1, 0.15) is 33.1 Å². The van der Waals surface area contributed by atoms with Gasteiger partial charge in [0.15, 0.2) is 0 Å². The molecule has 2 nitrogen and oxygen atoms in total. The third-order valence-corrected chi connectivity index (χ3v) is 5.58. The van der Waals surface area contributed by atoms with Crippen LogP contribution in [0.25, 0.3) is 0 Å². The van der Waals surface area contributed by atoms with Gasteiger partial charge in [-0.15, -0.1) is 11.3 Å². The van der Waals surface area contributed by atoms with Crippen molar-refractivity contribution in [2.45, 2.75) is 19.9 Å². The van der Waals surface area contributed by atoms with Crippen LogP contribution in [0.2, 0.25) is 5.02 Å². The smallest absolute Gasteiger partial charge is 0.255 e. The average Bonchev–Trinajstić information content (AvgIpc) is 2.85. The number of halogens is 2. The number of hydrogen-bond donors (Lipinski definition) is 0. The van der Waals surface area contributed by atoms with Gasteiger partial charge >= 0.3 is 0 Å². The number of hydrogen-bond acceptors (Lipinski definition) is 2. The highest BCUT2D eigenvalue weighted by Gasteiger charge is 2.21. The van der Waals surface area contributed by atoms with Crippen LogP contribution in [0.5, 0.6) is 0 Å². The van der Waals surface area contributed by atoms with E-state index >= 15 is 0 Å². The quantitative estimate of drug-likeness (QED) is 0.630. The number of amides is 1. The summed E-state index contributed by atoms with van der Waals surface area (Å²) in [5.41, 5.74) is 0.653. The molecule has 106 valence electrons. The van der Waals surface area contributed by atoms with Crippen LogP contribution < -0.4 is 0 Å². The molecular weight excluding hydrogens is 405 g/mol. The molecule has 1 atom stereocenters. The molecule has 0 saturated heterocycles. The first-order chi connectivity index (χ1) is 9.40. The maximum Gasteiger partial charge on any atom is 0.255 e. The van der Waals surface area contributed by atoms with Gasteiger partial charge in [-0.2, -0.15) is 0 Å². The molecule has 0 bridgehead atoms. The van der Waals surface area contributed by atoms with Crippen LogP contribution in [0.15, 0.2) is 30.3 Å². The second-order valence-electron chi connectivity index (χ2n) is 4.66. The Morgan fingerprint density at radius 3 is 2.65 bits per heavy atom. The highest BCUT2D eigenvalue weighted by molar-refractivity contribution is 14.1. The van der Waals surface area contributed by atoms with Crippen molar-refractivity contribution in [2.24, 2.45) is 0 Å². The Bertz CT molecular complexity index is 641. The molecule has 0 spiro atoms. The van der Waals surface area contributed by atoms with E-state index in [1.54, 1.807) is 28.4 Å². The number of aryl methyl sites for hydroxylation is 1. The minimum atomic E-state index is -0.00421. The Morgan fingerprint density at radius 1 is 1.35 bits per heavy atom. The summed E-state index contributed by atoms with van der Waals surface area (Å²) in [5.74, 6) is -0.00421. The van der Waals surface area contributed by atoms with E-state index in [2.05, 4.69) is 41.6 Å². The third kappa shape index (κ3) is 3.35. The molecule has 5 heteroatoms. The van der Waals surface area contributed by atoms with E-state index in [9.17, 15) is 4.79 Å². The second kappa shape index (κ2) is 6.45. The summed E-state index contributed by atoms with van der Waals surface area (Å²) >= 11 is 9.88. The summed E-state index contributed by atoms with van der Waals surface area (Å²) < 4.78 is 0.915. The molecule has 1 amide bonds. The number of benzene rings is 1. The van der Waals surface area contributed by atoms with Crippen molar-refractivity contribution in [1.29, 1.82) is 0 Å². The lowest BCUT2D eigenvalue weighted by molar-refractivity contribution is 0.0744. The Balaban J connectivity index is 2.26. The fourth-order valence-electron chi connectivity index (χ4n) is 1.90. The maximum absolute atomic E-state index is 12.6. The molecular formula is C15H15ClINOS. The van der Waals surface area contributed by atoms with Crippen LogP contribution in [0, 0.1) is 10.5 Å². The molecule has 2 aromatic rings. The van der Waals surface area contributed by atoms with E-state index in [0.29, 0.717) is 10.6 Å². The molecule has 0 radical (unpaired) electrons. The van der Waals surface area contributed by atoms with Gasteiger partial charge in [0.05, 0.1) is 11.6 Å². The van der Waals surface area contributed by atoms with Crippen molar-refractivity contribution in [3.8, 4) is 0 Å². The molecule has 1 heterocycles. The van der Waals surface area contributed by atoms with Crippen LogP contribution in [0.4, 0.5) is 0 Å². The van der Waals surface area contributed by atoms with Crippen LogP contribution in [-0.4, -0.2) is 17.9 Å². The summed E-state index contributed by atoms with van der Waals surface area (Å²) in [6, 6.07) is 9.61. The number of carbonyl (C=O) groups is 1. The van der Waals surface area contributed by atoms with E-state index < -0.39 is 0 Å². The van der Waals surface area contributed by atoms with Crippen molar-refractivity contribution in [2.75, 3.05) is 7.05 Å². The SMILES string of the molecule is Cc1ccc(C(C)N(C)C(=O)c2cc(Cl)ccc2I)s1. The zero-order valence-electron chi connectivity index (χ0n) is 11.5. The van der Waals surface area contributed by atoms with Gasteiger partial charge in [0.25, 0.3) is 5.91 Å². The van der Waals surface area contributed by atoms with Crippen molar-refractivity contribution in [1.82, 2.24) is 4.90 Å². The van der Waals surface area contributed by atoms with Gasteiger partial charge in [-0.05, 0) is 66.8 Å². The van der Waals surface area contributed by atoms with Gasteiger partial charge in [0.1, 0.15) is 0 Å². The largest absolute Gasteiger partial charge is 0.334 e. The fourth-order valence-corrected chi connectivity index (χ4v) is 3.61. The summed E-state index contributed by atoms with van der Waals surface area (Å²) in [4.78, 5) is 16.8. The number of thiophene rings is 1. The van der Waals surface area contributed by atoms with Crippen molar-refractivity contribution in [3.63, 3.8) is 0 Å². The zero-order chi connectivity index (χ0) is 14.9. The van der Waals surface area contributed by atoms with Crippen molar-refractivity contribution < 1.29 is 4.79 Å². The molecule has 20 heavy (non-hydrogen) atoms. The van der Waals surface area contributed by atoms with Crippen molar-refractivity contribution >= 4 is 51.4 Å². The zero-order valence-corrected chi connectivity index (χ0v) is 15.2. The Kier molecular flexibility index (Phi) is 5.09. The summed E-state index contributed by atoms with van der Waals surface area (Å²) in [5, 5.41) is 0.585. The van der Waals surface area contributed by atoms with Gasteiger partial charge in [0.2, 0.25) is 0 Å². The highest BCUT2D eigenvalue weighted by atomic mass is 127. The molecule has 0 fully saturated rings. The Labute approximate surface area is 141 Å². The molecule has 2 rings (SSSR count). The van der Waals surface area contributed by atoms with E-state index in [0.717, 1.165) is 3.57 Å². The monoisotopic (exact) mass is 419 g/mol. The standard InChI is InChI=1S/C15H15ClINOS/c1-9-4-7-14(20-9)10(2)18(3)15(19)12-8-11(16)5-6-13(12)17/h4-8,10H,1-3H3. The lowest BCUT2D eigenvalue weighted by Crippen LogP contribution is -2.29. The molecule has 0 N–H and O–H groups in total. The molecule has 0 saturated carbocycles. The highest BCUT2D eigenvalue weighted by Crippen LogP contribution is 2.28. The second-order valence-corrected chi connectivity index (χ2v) is 7.58. The maximum atomic E-state index is 12.6. The van der Waals surface area contributed by atoms with Crippen molar-refractivity contribution in [3.05, 3.63) is 54.2 Å². The van der Waals surface area contributed by atoms with Gasteiger partial charge in [-0.3, -0.25) is 4.79 Å².